The van der Waals surface area contributed by atoms with Crippen molar-refractivity contribution in [1.29, 1.82) is 0 Å². The molecule has 2 amide bonds. The van der Waals surface area contributed by atoms with Crippen LogP contribution in [0.4, 0.5) is 23.7 Å². The Kier molecular flexibility index (Phi) is 8.22. The summed E-state index contributed by atoms with van der Waals surface area (Å²) in [5.41, 5.74) is -0.650. The minimum absolute atomic E-state index is 0.0727. The van der Waals surface area contributed by atoms with Gasteiger partial charge in [-0.3, -0.25) is 9.78 Å². The fourth-order valence-corrected chi connectivity index (χ4v) is 5.43. The van der Waals surface area contributed by atoms with E-state index in [4.69, 9.17) is 5.11 Å². The van der Waals surface area contributed by atoms with Crippen LogP contribution >= 0.6 is 0 Å². The molecule has 1 saturated carbocycles. The molecule has 1 aliphatic carbocycles. The molecule has 8 nitrogen and oxygen atoms in total. The number of benzene rings is 1. The number of anilines is 1. The minimum Gasteiger partial charge on any atom is -0.612 e. The molecule has 1 aromatic carbocycles. The van der Waals surface area contributed by atoms with Crippen molar-refractivity contribution in [3.05, 3.63) is 71.4 Å². The maximum Gasteiger partial charge on any atom is 0.404 e. The van der Waals surface area contributed by atoms with E-state index in [9.17, 15) is 27.3 Å². The van der Waals surface area contributed by atoms with Gasteiger partial charge in [0.05, 0.1) is 17.4 Å². The minimum atomic E-state index is -1.66. The largest absolute Gasteiger partial charge is 0.612 e. The molecular weight excluding hydrogens is 521 g/mol. The lowest BCUT2D eigenvalue weighted by Gasteiger charge is -2.34. The SMILES string of the molecule is C[C@@H]1C[C@H](NC(=O)O)C[C@H](c2ccncc2NC(=O)c2ccc(F)c(-c3c(F)cc([S@@+](C)[O-])cc3F)n2)C1. The van der Waals surface area contributed by atoms with Gasteiger partial charge in [-0.05, 0) is 66.0 Å². The van der Waals surface area contributed by atoms with E-state index in [1.54, 1.807) is 12.3 Å². The van der Waals surface area contributed by atoms with Crippen LogP contribution in [0, 0.1) is 23.4 Å². The number of aromatic nitrogens is 2. The first-order valence-corrected chi connectivity index (χ1v) is 13.3. The van der Waals surface area contributed by atoms with Gasteiger partial charge < -0.3 is 20.3 Å². The molecule has 3 aromatic rings. The third kappa shape index (κ3) is 6.08. The van der Waals surface area contributed by atoms with Crippen molar-refractivity contribution in [2.75, 3.05) is 11.6 Å². The molecule has 0 unspecified atom stereocenters. The molecule has 0 aliphatic heterocycles. The van der Waals surface area contributed by atoms with Crippen molar-refractivity contribution >= 4 is 28.9 Å². The molecule has 200 valence electrons. The third-order valence-corrected chi connectivity index (χ3v) is 7.38. The van der Waals surface area contributed by atoms with Crippen LogP contribution in [0.5, 0.6) is 0 Å². The maximum absolute atomic E-state index is 14.7. The zero-order chi connectivity index (χ0) is 27.6. The van der Waals surface area contributed by atoms with Crippen LogP contribution in [0.25, 0.3) is 11.3 Å². The smallest absolute Gasteiger partial charge is 0.404 e. The van der Waals surface area contributed by atoms with E-state index in [1.807, 2.05) is 6.92 Å². The summed E-state index contributed by atoms with van der Waals surface area (Å²) in [6.45, 7) is 2.02. The summed E-state index contributed by atoms with van der Waals surface area (Å²) in [6.07, 6.45) is 5.15. The van der Waals surface area contributed by atoms with Crippen molar-refractivity contribution in [1.82, 2.24) is 15.3 Å². The van der Waals surface area contributed by atoms with Crippen molar-refractivity contribution in [2.24, 2.45) is 5.92 Å². The Morgan fingerprint density at radius 1 is 1.08 bits per heavy atom. The summed E-state index contributed by atoms with van der Waals surface area (Å²) >= 11 is -1.66. The van der Waals surface area contributed by atoms with Crippen LogP contribution in [0.2, 0.25) is 0 Å². The average molecular weight is 547 g/mol. The molecule has 1 aliphatic rings. The van der Waals surface area contributed by atoms with E-state index in [0.717, 1.165) is 36.2 Å². The first kappa shape index (κ1) is 27.4. The first-order chi connectivity index (χ1) is 18.0. The number of carboxylic acid groups (broad SMARTS) is 1. The highest BCUT2D eigenvalue weighted by Gasteiger charge is 2.30. The Bertz CT molecular complexity index is 1350. The molecule has 2 aromatic heterocycles. The van der Waals surface area contributed by atoms with E-state index < -0.39 is 51.9 Å². The van der Waals surface area contributed by atoms with Gasteiger partial charge in [-0.1, -0.05) is 6.92 Å². The molecule has 12 heteroatoms. The zero-order valence-electron chi connectivity index (χ0n) is 20.5. The second-order valence-electron chi connectivity index (χ2n) is 9.32. The number of hydrogen-bond acceptors (Lipinski definition) is 5. The van der Waals surface area contributed by atoms with Crippen molar-refractivity contribution < 1.29 is 32.4 Å². The summed E-state index contributed by atoms with van der Waals surface area (Å²) in [5, 5.41) is 14.4. The Labute approximate surface area is 219 Å². The first-order valence-electron chi connectivity index (χ1n) is 11.8. The number of carbonyl (C=O) groups excluding carboxylic acids is 1. The molecule has 1 fully saturated rings. The summed E-state index contributed by atoms with van der Waals surface area (Å²) in [5.74, 6) is -3.97. The number of hydrogen-bond donors (Lipinski definition) is 3. The lowest BCUT2D eigenvalue weighted by Crippen LogP contribution is -2.39. The van der Waals surface area contributed by atoms with Gasteiger partial charge in [-0.25, -0.2) is 22.9 Å². The lowest BCUT2D eigenvalue weighted by atomic mass is 9.76. The average Bonchev–Trinajstić information content (AvgIpc) is 2.84. The molecule has 4 atom stereocenters. The lowest BCUT2D eigenvalue weighted by molar-refractivity contribution is 0.102. The number of rotatable bonds is 6. The Morgan fingerprint density at radius 2 is 1.79 bits per heavy atom. The topological polar surface area (TPSA) is 127 Å². The number of amides is 2. The van der Waals surface area contributed by atoms with E-state index in [1.165, 1.54) is 12.5 Å². The number of carbonyl (C=O) groups is 2. The monoisotopic (exact) mass is 546 g/mol. The van der Waals surface area contributed by atoms with Crippen LogP contribution < -0.4 is 10.6 Å². The Hall–Kier alpha value is -3.64. The number of nitrogens with one attached hydrogen (secondary N) is 2. The predicted octanol–water partition coefficient (Wildman–Crippen LogP) is 5.09. The van der Waals surface area contributed by atoms with Gasteiger partial charge >= 0.3 is 6.09 Å². The molecule has 2 heterocycles. The molecule has 0 radical (unpaired) electrons. The highest BCUT2D eigenvalue weighted by molar-refractivity contribution is 7.90. The van der Waals surface area contributed by atoms with Crippen LogP contribution in [0.1, 0.15) is 48.2 Å². The van der Waals surface area contributed by atoms with Crippen molar-refractivity contribution in [2.45, 2.75) is 43.0 Å². The summed E-state index contributed by atoms with van der Waals surface area (Å²) < 4.78 is 55.6. The van der Waals surface area contributed by atoms with Crippen LogP contribution in [-0.4, -0.2) is 43.9 Å². The maximum atomic E-state index is 14.7. The molecule has 38 heavy (non-hydrogen) atoms. The van der Waals surface area contributed by atoms with E-state index in [0.29, 0.717) is 18.5 Å². The number of nitrogens with zero attached hydrogens (tertiary/aromatic N) is 2. The summed E-state index contributed by atoms with van der Waals surface area (Å²) in [4.78, 5) is 32.1. The normalized spacial score (nSPS) is 20.0. The number of halogens is 3. The fourth-order valence-electron chi connectivity index (χ4n) is 4.89. The van der Waals surface area contributed by atoms with Crippen LogP contribution in [0.15, 0.2) is 47.6 Å². The van der Waals surface area contributed by atoms with E-state index in [2.05, 4.69) is 20.6 Å². The van der Waals surface area contributed by atoms with Gasteiger partial charge in [0.25, 0.3) is 5.91 Å². The van der Waals surface area contributed by atoms with Crippen LogP contribution in [0.3, 0.4) is 0 Å². The van der Waals surface area contributed by atoms with Crippen molar-refractivity contribution in [3.8, 4) is 11.3 Å². The summed E-state index contributed by atoms with van der Waals surface area (Å²) in [6, 6.07) is 5.14. The second kappa shape index (κ2) is 11.4. The number of pyridine rings is 2. The third-order valence-electron chi connectivity index (χ3n) is 6.48. The van der Waals surface area contributed by atoms with E-state index >= 15 is 0 Å². The van der Waals surface area contributed by atoms with Gasteiger partial charge in [-0.2, -0.15) is 0 Å². The molecule has 0 bridgehead atoms. The van der Waals surface area contributed by atoms with Gasteiger partial charge in [-0.15, -0.1) is 0 Å². The van der Waals surface area contributed by atoms with Crippen molar-refractivity contribution in [3.63, 3.8) is 0 Å². The van der Waals surface area contributed by atoms with Crippen LogP contribution in [-0.2, 0) is 11.2 Å². The standard InChI is InChI=1S/C26H25F3N4O4S/c1-13-7-14(9-15(8-13)31-26(35)36)17-5-6-30-12-22(17)33-25(34)21-4-3-18(27)24(32-21)23-19(28)10-16(38(2)37)11-20(23)29/h3-6,10-15,31H,7-9H2,1-2H3,(H,33,34)(H,35,36)/t13-,14+,15-,38+/m0/s1. The van der Waals surface area contributed by atoms with Gasteiger partial charge in [0.15, 0.2) is 4.90 Å². The molecule has 3 N–H and O–H groups in total. The molecule has 0 spiro atoms. The zero-order valence-corrected chi connectivity index (χ0v) is 21.3. The summed E-state index contributed by atoms with van der Waals surface area (Å²) in [7, 11) is 0. The Balaban J connectivity index is 1.62. The van der Waals surface area contributed by atoms with E-state index in [-0.39, 0.29) is 28.5 Å². The molecule has 0 saturated heterocycles. The fraction of sp³-hybridized carbons (Fsp3) is 0.308. The van der Waals surface area contributed by atoms with Gasteiger partial charge in [0.2, 0.25) is 0 Å². The Morgan fingerprint density at radius 3 is 2.45 bits per heavy atom. The quantitative estimate of drug-likeness (QED) is 0.370. The van der Waals surface area contributed by atoms with Gasteiger partial charge in [0, 0.05) is 24.4 Å². The molecule has 4 rings (SSSR count). The highest BCUT2D eigenvalue weighted by Crippen LogP contribution is 2.39. The second-order valence-corrected chi connectivity index (χ2v) is 10.7. The highest BCUT2D eigenvalue weighted by atomic mass is 32.2. The molecular formula is C26H25F3N4O4S. The predicted molar refractivity (Wildman–Crippen MR) is 135 cm³/mol. The van der Waals surface area contributed by atoms with Gasteiger partial charge in [0.1, 0.15) is 35.1 Å².